The van der Waals surface area contributed by atoms with E-state index in [1.807, 2.05) is 111 Å². The Morgan fingerprint density at radius 2 is 0.727 bits per heavy atom. The summed E-state index contributed by atoms with van der Waals surface area (Å²) < 4.78 is 33.4. The van der Waals surface area contributed by atoms with Gasteiger partial charge < -0.3 is 28.4 Å². The Balaban J connectivity index is 1.41. The molecule has 12 heteroatoms. The average molecular weight is 749 g/mol. The fourth-order valence-corrected chi connectivity index (χ4v) is 5.61. The van der Waals surface area contributed by atoms with Gasteiger partial charge in [0.1, 0.15) is 34.5 Å². The highest BCUT2D eigenvalue weighted by Gasteiger charge is 2.21. The van der Waals surface area contributed by atoms with Crippen LogP contribution in [0.25, 0.3) is 0 Å². The SMILES string of the molecule is COc1ccc(CN(Cc2ccc(OC)cc2)C(=O)Oc2cc(CNN(C)C)cc(OC(=O)N(Cc3ccc(OC)cc3)Cc3ccc(OC)cc3)c2)cc1. The molecule has 0 aliphatic rings. The summed E-state index contributed by atoms with van der Waals surface area (Å²) in [4.78, 5) is 31.2. The van der Waals surface area contributed by atoms with Crippen molar-refractivity contribution in [3.05, 3.63) is 143 Å². The second kappa shape index (κ2) is 19.7. The molecule has 55 heavy (non-hydrogen) atoms. The van der Waals surface area contributed by atoms with Crippen molar-refractivity contribution in [2.45, 2.75) is 32.7 Å². The van der Waals surface area contributed by atoms with Crippen LogP contribution in [0.1, 0.15) is 27.8 Å². The third-order valence-electron chi connectivity index (χ3n) is 8.60. The quantitative estimate of drug-likeness (QED) is 0.0951. The molecule has 5 aromatic rings. The first-order valence-electron chi connectivity index (χ1n) is 17.6. The molecule has 1 N–H and O–H groups in total. The molecule has 0 unspecified atom stereocenters. The van der Waals surface area contributed by atoms with E-state index < -0.39 is 12.2 Å². The van der Waals surface area contributed by atoms with Crippen LogP contribution in [0.5, 0.6) is 34.5 Å². The van der Waals surface area contributed by atoms with Crippen LogP contribution < -0.4 is 33.8 Å². The minimum atomic E-state index is -0.581. The first kappa shape index (κ1) is 40.0. The molecule has 0 fully saturated rings. The van der Waals surface area contributed by atoms with Crippen molar-refractivity contribution in [1.82, 2.24) is 20.2 Å². The van der Waals surface area contributed by atoms with Gasteiger partial charge in [-0.3, -0.25) is 20.2 Å². The van der Waals surface area contributed by atoms with Gasteiger partial charge in [-0.15, -0.1) is 0 Å². The van der Waals surface area contributed by atoms with Gasteiger partial charge in [-0.25, -0.2) is 9.59 Å². The summed E-state index contributed by atoms with van der Waals surface area (Å²) in [7, 11) is 10.2. The van der Waals surface area contributed by atoms with Crippen LogP contribution in [0.2, 0.25) is 0 Å². The molecule has 5 rings (SSSR count). The van der Waals surface area contributed by atoms with Gasteiger partial charge in [0.15, 0.2) is 0 Å². The maximum absolute atomic E-state index is 14.0. The molecule has 2 amide bonds. The topological polar surface area (TPSA) is 111 Å². The Hall–Kier alpha value is -6.24. The van der Waals surface area contributed by atoms with Crippen molar-refractivity contribution in [2.24, 2.45) is 0 Å². The lowest BCUT2D eigenvalue weighted by Gasteiger charge is -2.24. The van der Waals surface area contributed by atoms with E-state index in [0.717, 1.165) is 27.8 Å². The van der Waals surface area contributed by atoms with E-state index >= 15 is 0 Å². The molecule has 288 valence electrons. The molecule has 0 radical (unpaired) electrons. The number of nitrogens with one attached hydrogen (secondary N) is 1. The molecule has 0 saturated carbocycles. The van der Waals surface area contributed by atoms with E-state index in [1.165, 1.54) is 0 Å². The highest BCUT2D eigenvalue weighted by atomic mass is 16.6. The predicted molar refractivity (Wildman–Crippen MR) is 209 cm³/mol. The van der Waals surface area contributed by atoms with Crippen LogP contribution in [-0.4, -0.2) is 69.5 Å². The van der Waals surface area contributed by atoms with Crippen molar-refractivity contribution in [2.75, 3.05) is 42.5 Å². The highest BCUT2D eigenvalue weighted by molar-refractivity contribution is 5.73. The highest BCUT2D eigenvalue weighted by Crippen LogP contribution is 2.27. The van der Waals surface area contributed by atoms with Crippen molar-refractivity contribution in [3.63, 3.8) is 0 Å². The molecule has 0 saturated heterocycles. The summed E-state index contributed by atoms with van der Waals surface area (Å²) in [6, 6.07) is 35.1. The molecule has 0 bridgehead atoms. The third-order valence-corrected chi connectivity index (χ3v) is 8.60. The molecule has 0 aromatic heterocycles. The Labute approximate surface area is 322 Å². The van der Waals surface area contributed by atoms with Gasteiger partial charge in [0, 0.05) is 52.9 Å². The van der Waals surface area contributed by atoms with Crippen LogP contribution in [0, 0.1) is 0 Å². The number of ether oxygens (including phenoxy) is 6. The smallest absolute Gasteiger partial charge is 0.415 e. The number of rotatable bonds is 17. The summed E-state index contributed by atoms with van der Waals surface area (Å²) >= 11 is 0. The summed E-state index contributed by atoms with van der Waals surface area (Å²) in [5.41, 5.74) is 7.51. The lowest BCUT2D eigenvalue weighted by atomic mass is 10.1. The Morgan fingerprint density at radius 1 is 0.436 bits per heavy atom. The van der Waals surface area contributed by atoms with Crippen LogP contribution in [0.15, 0.2) is 115 Å². The Morgan fingerprint density at radius 3 is 0.982 bits per heavy atom. The molecule has 0 spiro atoms. The zero-order valence-corrected chi connectivity index (χ0v) is 32.1. The van der Waals surface area contributed by atoms with E-state index in [-0.39, 0.29) is 37.7 Å². The number of hydrogen-bond acceptors (Lipinski definition) is 10. The molecule has 0 atom stereocenters. The molecular formula is C43H48N4O8. The second-order valence-electron chi connectivity index (χ2n) is 12.9. The summed E-state index contributed by atoms with van der Waals surface area (Å²) in [6.45, 7) is 1.45. The number of carbonyl (C=O) groups excluding carboxylic acids is 2. The zero-order chi connectivity index (χ0) is 39.2. The summed E-state index contributed by atoms with van der Waals surface area (Å²) in [5, 5.41) is 1.81. The molecule has 12 nitrogen and oxygen atoms in total. The number of methoxy groups -OCH3 is 4. The number of nitrogens with zero attached hydrogens (tertiary/aromatic N) is 3. The van der Waals surface area contributed by atoms with Crippen molar-refractivity contribution in [1.29, 1.82) is 0 Å². The first-order valence-corrected chi connectivity index (χ1v) is 17.6. The summed E-state index contributed by atoms with van der Waals surface area (Å²) in [6.07, 6.45) is -1.16. The molecule has 0 aliphatic heterocycles. The largest absolute Gasteiger partial charge is 0.497 e. The standard InChI is InChI=1S/C43H48N4O8/c1-45(2)44-26-35-23-40(54-42(48)46(27-31-7-15-36(50-3)16-8-31)28-32-9-17-37(51-4)18-10-32)25-41(24-35)55-43(49)47(29-33-11-19-38(52-5)20-12-33)30-34-13-21-39(53-6)22-14-34/h7-25,44H,26-30H2,1-6H3. The molecule has 5 aromatic carbocycles. The lowest BCUT2D eigenvalue weighted by Crippen LogP contribution is -2.33. The number of hydrazine groups is 1. The minimum absolute atomic E-state index is 0.220. The van der Waals surface area contributed by atoms with E-state index in [0.29, 0.717) is 29.5 Å². The second-order valence-corrected chi connectivity index (χ2v) is 12.9. The van der Waals surface area contributed by atoms with Crippen LogP contribution >= 0.6 is 0 Å². The van der Waals surface area contributed by atoms with Crippen molar-refractivity contribution >= 4 is 12.2 Å². The first-order chi connectivity index (χ1) is 26.6. The number of hydrogen-bond donors (Lipinski definition) is 1. The van der Waals surface area contributed by atoms with Gasteiger partial charge in [-0.2, -0.15) is 0 Å². The van der Waals surface area contributed by atoms with Gasteiger partial charge in [0.25, 0.3) is 0 Å². The van der Waals surface area contributed by atoms with E-state index in [1.54, 1.807) is 61.4 Å². The van der Waals surface area contributed by atoms with Crippen molar-refractivity contribution < 1.29 is 38.0 Å². The Bertz CT molecular complexity index is 1730. The summed E-state index contributed by atoms with van der Waals surface area (Å²) in [5.74, 6) is 3.29. The van der Waals surface area contributed by atoms with E-state index in [9.17, 15) is 9.59 Å². The van der Waals surface area contributed by atoms with Gasteiger partial charge >= 0.3 is 12.2 Å². The average Bonchev–Trinajstić information content (AvgIpc) is 3.20. The normalized spacial score (nSPS) is 10.7. The monoisotopic (exact) mass is 748 g/mol. The maximum Gasteiger partial charge on any atom is 0.415 e. The van der Waals surface area contributed by atoms with Gasteiger partial charge in [0.2, 0.25) is 0 Å². The number of amides is 2. The van der Waals surface area contributed by atoms with Crippen molar-refractivity contribution in [3.8, 4) is 34.5 Å². The number of benzene rings is 5. The molecule has 0 aliphatic carbocycles. The van der Waals surface area contributed by atoms with Crippen LogP contribution in [-0.2, 0) is 32.7 Å². The fourth-order valence-electron chi connectivity index (χ4n) is 5.61. The zero-order valence-electron chi connectivity index (χ0n) is 32.1. The van der Waals surface area contributed by atoms with E-state index in [2.05, 4.69) is 5.43 Å². The fraction of sp³-hybridized carbons (Fsp3) is 0.256. The van der Waals surface area contributed by atoms with Gasteiger partial charge in [0.05, 0.1) is 28.4 Å². The van der Waals surface area contributed by atoms with Gasteiger partial charge in [-0.05, 0) is 88.5 Å². The molecule has 0 heterocycles. The Kier molecular flexibility index (Phi) is 14.3. The van der Waals surface area contributed by atoms with Crippen LogP contribution in [0.3, 0.4) is 0 Å². The minimum Gasteiger partial charge on any atom is -0.497 e. The predicted octanol–water partition coefficient (Wildman–Crippen LogP) is 7.69. The van der Waals surface area contributed by atoms with Gasteiger partial charge in [-0.1, -0.05) is 48.5 Å². The lowest BCUT2D eigenvalue weighted by molar-refractivity contribution is 0.144. The molecular weight excluding hydrogens is 700 g/mol. The third kappa shape index (κ3) is 12.1. The number of carbonyl (C=O) groups is 2. The van der Waals surface area contributed by atoms with E-state index in [4.69, 9.17) is 28.4 Å². The van der Waals surface area contributed by atoms with Crippen LogP contribution in [0.4, 0.5) is 9.59 Å². The maximum atomic E-state index is 14.0.